The van der Waals surface area contributed by atoms with Gasteiger partial charge >= 0.3 is 0 Å². The van der Waals surface area contributed by atoms with Gasteiger partial charge in [0.25, 0.3) is 5.24 Å². The van der Waals surface area contributed by atoms with Gasteiger partial charge in [-0.1, -0.05) is 37.4 Å². The van der Waals surface area contributed by atoms with E-state index in [-0.39, 0.29) is 22.2 Å². The molecule has 0 saturated carbocycles. The van der Waals surface area contributed by atoms with Gasteiger partial charge in [-0.3, -0.25) is 14.9 Å². The van der Waals surface area contributed by atoms with Crippen LogP contribution in [0.5, 0.6) is 5.75 Å². The first-order chi connectivity index (χ1) is 15.1. The Labute approximate surface area is 193 Å². The van der Waals surface area contributed by atoms with Gasteiger partial charge in [0, 0.05) is 5.57 Å². The molecule has 2 atom stereocenters. The molecule has 2 aliphatic heterocycles. The van der Waals surface area contributed by atoms with Crippen molar-refractivity contribution in [3.8, 4) is 5.75 Å². The standard InChI is InChI=1S/C25H31NO5S/c1-6-15(2)22-20(16(3)17(4)27)11-12-25(5,31-22)14-30-19-9-7-18(8-10-19)13-21-23(28)26-24(29)32-21/h7-10,21,27H,4,6,11-14H2,1-3,5H3,(H,26,28,29)/b20-16-,22-15+. The first-order valence-corrected chi connectivity index (χ1v) is 11.7. The number of rotatable bonds is 7. The number of nitrogens with one attached hydrogen (secondary N) is 1. The highest BCUT2D eigenvalue weighted by molar-refractivity contribution is 8.15. The summed E-state index contributed by atoms with van der Waals surface area (Å²) < 4.78 is 12.5. The van der Waals surface area contributed by atoms with Crippen molar-refractivity contribution in [3.63, 3.8) is 0 Å². The maximum atomic E-state index is 11.8. The maximum absolute atomic E-state index is 11.8. The number of hydrogen-bond acceptors (Lipinski definition) is 6. The van der Waals surface area contributed by atoms with Crippen LogP contribution in [0, 0.1) is 0 Å². The molecule has 0 aliphatic carbocycles. The number of thioether (sulfide) groups is 1. The Morgan fingerprint density at radius 3 is 2.56 bits per heavy atom. The fourth-order valence-corrected chi connectivity index (χ4v) is 4.56. The third-order valence-corrected chi connectivity index (χ3v) is 6.97. The Morgan fingerprint density at radius 1 is 1.31 bits per heavy atom. The molecule has 2 unspecified atom stereocenters. The van der Waals surface area contributed by atoms with Crippen molar-refractivity contribution in [1.29, 1.82) is 0 Å². The Balaban J connectivity index is 1.65. The second-order valence-electron chi connectivity index (χ2n) is 8.59. The topological polar surface area (TPSA) is 84.9 Å². The number of carbonyl (C=O) groups excluding carboxylic acids is 2. The summed E-state index contributed by atoms with van der Waals surface area (Å²) >= 11 is 1.03. The number of carbonyl (C=O) groups is 2. The third kappa shape index (κ3) is 5.57. The Hall–Kier alpha value is -2.67. The summed E-state index contributed by atoms with van der Waals surface area (Å²) in [5.41, 5.74) is 3.37. The molecule has 32 heavy (non-hydrogen) atoms. The number of amides is 2. The highest BCUT2D eigenvalue weighted by Crippen LogP contribution is 2.39. The number of aliphatic hydroxyl groups is 1. The van der Waals surface area contributed by atoms with Gasteiger partial charge in [-0.05, 0) is 75.3 Å². The first kappa shape index (κ1) is 24.0. The van der Waals surface area contributed by atoms with Crippen LogP contribution in [0.25, 0.3) is 0 Å². The lowest BCUT2D eigenvalue weighted by atomic mass is 9.88. The highest BCUT2D eigenvalue weighted by Gasteiger charge is 2.36. The molecule has 172 valence electrons. The molecule has 6 nitrogen and oxygen atoms in total. The molecule has 7 heteroatoms. The van der Waals surface area contributed by atoms with Crippen molar-refractivity contribution in [2.45, 2.75) is 64.2 Å². The summed E-state index contributed by atoms with van der Waals surface area (Å²) in [5, 5.41) is 11.5. The molecule has 2 aliphatic rings. The molecular weight excluding hydrogens is 426 g/mol. The summed E-state index contributed by atoms with van der Waals surface area (Å²) in [4.78, 5) is 23.1. The zero-order valence-electron chi connectivity index (χ0n) is 19.1. The van der Waals surface area contributed by atoms with Crippen LogP contribution in [0.4, 0.5) is 4.79 Å². The molecule has 2 N–H and O–H groups in total. The number of hydrogen-bond donors (Lipinski definition) is 2. The van der Waals surface area contributed by atoms with Crippen molar-refractivity contribution in [1.82, 2.24) is 5.32 Å². The van der Waals surface area contributed by atoms with Gasteiger partial charge in [0.05, 0.1) is 5.25 Å². The normalized spacial score (nSPS) is 26.3. The van der Waals surface area contributed by atoms with Crippen molar-refractivity contribution in [2.75, 3.05) is 6.61 Å². The van der Waals surface area contributed by atoms with Crippen LogP contribution in [0.1, 0.15) is 52.5 Å². The van der Waals surface area contributed by atoms with E-state index in [1.54, 1.807) is 0 Å². The average Bonchev–Trinajstić information content (AvgIpc) is 3.08. The van der Waals surface area contributed by atoms with Gasteiger partial charge in [-0.2, -0.15) is 0 Å². The molecule has 2 fully saturated rings. The van der Waals surface area contributed by atoms with Crippen molar-refractivity contribution >= 4 is 22.9 Å². The van der Waals surface area contributed by atoms with Gasteiger partial charge in [0.15, 0.2) is 0 Å². The fraction of sp³-hybridized carbons (Fsp3) is 0.440. The predicted octanol–water partition coefficient (Wildman–Crippen LogP) is 5.60. The summed E-state index contributed by atoms with van der Waals surface area (Å²) in [5.74, 6) is 1.39. The number of ether oxygens (including phenoxy) is 2. The lowest BCUT2D eigenvalue weighted by molar-refractivity contribution is -0.118. The highest BCUT2D eigenvalue weighted by atomic mass is 32.2. The molecule has 0 bridgehead atoms. The van der Waals surface area contributed by atoms with Gasteiger partial charge in [-0.25, -0.2) is 0 Å². The van der Waals surface area contributed by atoms with E-state index in [4.69, 9.17) is 9.47 Å². The van der Waals surface area contributed by atoms with Crippen LogP contribution in [-0.4, -0.2) is 33.7 Å². The molecule has 1 aromatic carbocycles. The SMILES string of the molecule is C=C(O)/C(C)=C1/CCC(C)(COc2ccc(CC3SC(=O)NC3=O)cc2)O/C1=C(\C)CC. The zero-order chi connectivity index (χ0) is 23.5. The van der Waals surface area contributed by atoms with E-state index in [0.717, 1.165) is 64.8 Å². The summed E-state index contributed by atoms with van der Waals surface area (Å²) in [6.45, 7) is 12.1. The number of imide groups is 1. The van der Waals surface area contributed by atoms with Crippen molar-refractivity contribution in [3.05, 3.63) is 64.6 Å². The van der Waals surface area contributed by atoms with E-state index in [2.05, 4.69) is 18.8 Å². The molecule has 2 amide bonds. The smallest absolute Gasteiger partial charge is 0.286 e. The van der Waals surface area contributed by atoms with E-state index in [1.807, 2.05) is 45.0 Å². The van der Waals surface area contributed by atoms with Gasteiger partial charge in [0.2, 0.25) is 5.91 Å². The lowest BCUT2D eigenvalue weighted by Gasteiger charge is -2.38. The van der Waals surface area contributed by atoms with Gasteiger partial charge < -0.3 is 14.6 Å². The van der Waals surface area contributed by atoms with Crippen molar-refractivity contribution < 1.29 is 24.2 Å². The lowest BCUT2D eigenvalue weighted by Crippen LogP contribution is -2.39. The minimum absolute atomic E-state index is 0.0720. The first-order valence-electron chi connectivity index (χ1n) is 10.8. The van der Waals surface area contributed by atoms with Crippen LogP contribution in [-0.2, 0) is 16.0 Å². The molecule has 2 heterocycles. The van der Waals surface area contributed by atoms with E-state index >= 15 is 0 Å². The van der Waals surface area contributed by atoms with Gasteiger partial charge in [0.1, 0.15) is 29.5 Å². The fourth-order valence-electron chi connectivity index (χ4n) is 3.70. The van der Waals surface area contributed by atoms with Gasteiger partial charge in [-0.15, -0.1) is 0 Å². The van der Waals surface area contributed by atoms with E-state index in [1.165, 1.54) is 0 Å². The third-order valence-electron chi connectivity index (χ3n) is 5.99. The second kappa shape index (κ2) is 9.86. The average molecular weight is 458 g/mol. The quantitative estimate of drug-likeness (QED) is 0.519. The molecule has 0 radical (unpaired) electrons. The second-order valence-corrected chi connectivity index (χ2v) is 9.76. The number of benzene rings is 1. The molecule has 2 saturated heterocycles. The van der Waals surface area contributed by atoms with Crippen LogP contribution in [0.3, 0.4) is 0 Å². The molecule has 0 aromatic heterocycles. The Morgan fingerprint density at radius 2 is 2.00 bits per heavy atom. The molecular formula is C25H31NO5S. The van der Waals surface area contributed by atoms with E-state index in [9.17, 15) is 14.7 Å². The number of allylic oxidation sites excluding steroid dienone is 3. The van der Waals surface area contributed by atoms with E-state index in [0.29, 0.717) is 13.0 Å². The van der Waals surface area contributed by atoms with Crippen LogP contribution in [0.2, 0.25) is 0 Å². The van der Waals surface area contributed by atoms with E-state index < -0.39 is 5.60 Å². The maximum Gasteiger partial charge on any atom is 0.286 e. The minimum Gasteiger partial charge on any atom is -0.508 e. The monoisotopic (exact) mass is 457 g/mol. The number of aliphatic hydroxyl groups excluding tert-OH is 1. The Kier molecular flexibility index (Phi) is 7.39. The summed E-state index contributed by atoms with van der Waals surface area (Å²) in [7, 11) is 0. The van der Waals surface area contributed by atoms with Crippen LogP contribution >= 0.6 is 11.8 Å². The Bertz CT molecular complexity index is 979. The summed E-state index contributed by atoms with van der Waals surface area (Å²) in [6.07, 6.45) is 2.88. The molecule has 1 aromatic rings. The minimum atomic E-state index is -0.496. The van der Waals surface area contributed by atoms with Crippen LogP contribution < -0.4 is 10.1 Å². The predicted molar refractivity (Wildman–Crippen MR) is 127 cm³/mol. The molecule has 0 spiro atoms. The summed E-state index contributed by atoms with van der Waals surface area (Å²) in [6, 6.07) is 7.58. The largest absolute Gasteiger partial charge is 0.508 e. The van der Waals surface area contributed by atoms with Crippen molar-refractivity contribution in [2.24, 2.45) is 0 Å². The molecule has 3 rings (SSSR count). The van der Waals surface area contributed by atoms with Crippen LogP contribution in [0.15, 0.2) is 59.1 Å². The zero-order valence-corrected chi connectivity index (χ0v) is 19.9.